The molecule has 2 aromatic heterocycles. The smallest absolute Gasteiger partial charge is 0.191 e. The molecule has 0 unspecified atom stereocenters. The predicted molar refractivity (Wildman–Crippen MR) is 92.0 cm³/mol. The quantitative estimate of drug-likeness (QED) is 0.492. The molecular weight excluding hydrogens is 331 g/mol. The van der Waals surface area contributed by atoms with E-state index in [4.69, 9.17) is 0 Å². The second kappa shape index (κ2) is 7.06. The third-order valence-corrected chi connectivity index (χ3v) is 5.15. The fourth-order valence-electron chi connectivity index (χ4n) is 2.04. The first-order valence-electron chi connectivity index (χ1n) is 7.01. The number of hydrogen-bond acceptors (Lipinski definition) is 5. The average Bonchev–Trinajstić information content (AvgIpc) is 3.15. The van der Waals surface area contributed by atoms with Gasteiger partial charge in [-0.1, -0.05) is 17.8 Å². The minimum absolute atomic E-state index is 0.238. The van der Waals surface area contributed by atoms with Crippen LogP contribution in [-0.2, 0) is 12.3 Å². The first-order valence-corrected chi connectivity index (χ1v) is 8.87. The first-order chi connectivity index (χ1) is 11.2. The van der Waals surface area contributed by atoms with E-state index in [0.717, 1.165) is 27.2 Å². The van der Waals surface area contributed by atoms with E-state index in [2.05, 4.69) is 21.8 Å². The second-order valence-corrected chi connectivity index (χ2v) is 6.67. The van der Waals surface area contributed by atoms with Gasteiger partial charge in [0.15, 0.2) is 5.16 Å². The number of thioether (sulfide) groups is 1. The highest BCUT2D eigenvalue weighted by Crippen LogP contribution is 2.27. The van der Waals surface area contributed by atoms with E-state index < -0.39 is 0 Å². The minimum Gasteiger partial charge on any atom is -0.302 e. The minimum atomic E-state index is -0.238. The van der Waals surface area contributed by atoms with Crippen LogP contribution < -0.4 is 0 Å². The molecule has 3 rings (SSSR count). The lowest BCUT2D eigenvalue weighted by atomic mass is 10.2. The van der Waals surface area contributed by atoms with Crippen LogP contribution >= 0.6 is 23.1 Å². The Labute approximate surface area is 142 Å². The van der Waals surface area contributed by atoms with Crippen LogP contribution in [0.2, 0.25) is 0 Å². The third kappa shape index (κ3) is 3.68. The molecule has 0 saturated carbocycles. The summed E-state index contributed by atoms with van der Waals surface area (Å²) in [6.45, 7) is 6.38. The maximum absolute atomic E-state index is 13.0. The third-order valence-electron chi connectivity index (χ3n) is 3.21. The summed E-state index contributed by atoms with van der Waals surface area (Å²) in [6.07, 6.45) is 1.83. The molecule has 23 heavy (non-hydrogen) atoms. The fourth-order valence-corrected chi connectivity index (χ4v) is 3.86. The summed E-state index contributed by atoms with van der Waals surface area (Å²) >= 11 is 3.16. The monoisotopic (exact) mass is 346 g/mol. The maximum atomic E-state index is 13.0. The zero-order valence-electron chi connectivity index (χ0n) is 12.6. The summed E-state index contributed by atoms with van der Waals surface area (Å²) in [6, 6.07) is 6.39. The van der Waals surface area contributed by atoms with Gasteiger partial charge in [-0.05, 0) is 31.2 Å². The summed E-state index contributed by atoms with van der Waals surface area (Å²) in [7, 11) is 0. The topological polar surface area (TPSA) is 43.6 Å². The lowest BCUT2D eigenvalue weighted by Crippen LogP contribution is -2.00. The number of thiazole rings is 1. The molecule has 3 aromatic rings. The Morgan fingerprint density at radius 3 is 2.83 bits per heavy atom. The lowest BCUT2D eigenvalue weighted by molar-refractivity contribution is 0.628. The van der Waals surface area contributed by atoms with Crippen molar-refractivity contribution >= 4 is 23.1 Å². The Morgan fingerprint density at radius 1 is 1.30 bits per heavy atom. The molecular formula is C16H15FN4S2. The Bertz CT molecular complexity index is 808. The molecule has 0 radical (unpaired) electrons. The molecule has 1 aromatic carbocycles. The Kier molecular flexibility index (Phi) is 4.88. The molecule has 0 spiro atoms. The van der Waals surface area contributed by atoms with Gasteiger partial charge in [-0.2, -0.15) is 0 Å². The average molecular weight is 346 g/mol. The zero-order chi connectivity index (χ0) is 16.2. The molecule has 0 atom stereocenters. The van der Waals surface area contributed by atoms with Crippen molar-refractivity contribution in [2.75, 3.05) is 0 Å². The highest BCUT2D eigenvalue weighted by Gasteiger charge is 2.10. The van der Waals surface area contributed by atoms with Gasteiger partial charge in [0.25, 0.3) is 0 Å². The first kappa shape index (κ1) is 15.9. The predicted octanol–water partition coefficient (Wildman–Crippen LogP) is 4.33. The summed E-state index contributed by atoms with van der Waals surface area (Å²) in [5.74, 6) is 1.35. The largest absolute Gasteiger partial charge is 0.302 e. The highest BCUT2D eigenvalue weighted by molar-refractivity contribution is 7.98. The van der Waals surface area contributed by atoms with Crippen LogP contribution in [0.15, 0.2) is 47.5 Å². The van der Waals surface area contributed by atoms with Crippen molar-refractivity contribution in [3.05, 3.63) is 59.6 Å². The maximum Gasteiger partial charge on any atom is 0.191 e. The van der Waals surface area contributed by atoms with Crippen LogP contribution in [0.25, 0.3) is 10.6 Å². The van der Waals surface area contributed by atoms with Gasteiger partial charge in [0, 0.05) is 23.2 Å². The molecule has 0 saturated heterocycles. The van der Waals surface area contributed by atoms with E-state index in [-0.39, 0.29) is 5.82 Å². The number of benzene rings is 1. The fraction of sp³-hybridized carbons (Fsp3) is 0.188. The Hall–Kier alpha value is -1.99. The van der Waals surface area contributed by atoms with Crippen LogP contribution in [0.4, 0.5) is 4.39 Å². The summed E-state index contributed by atoms with van der Waals surface area (Å²) in [5, 5.41) is 12.1. The summed E-state index contributed by atoms with van der Waals surface area (Å²) < 4.78 is 15.0. The number of nitrogens with zero attached hydrogens (tertiary/aromatic N) is 4. The number of allylic oxidation sites excluding steroid dienone is 1. The van der Waals surface area contributed by atoms with Crippen LogP contribution in [0.5, 0.6) is 0 Å². The molecule has 118 valence electrons. The van der Waals surface area contributed by atoms with Crippen molar-refractivity contribution in [1.82, 2.24) is 19.7 Å². The Morgan fingerprint density at radius 2 is 2.09 bits per heavy atom. The highest BCUT2D eigenvalue weighted by atomic mass is 32.2. The SMILES string of the molecule is C=CCn1c(C)nnc1SCc1csc(-c2ccc(F)cc2)n1. The molecule has 0 bridgehead atoms. The number of halogens is 1. The van der Waals surface area contributed by atoms with E-state index >= 15 is 0 Å². The number of rotatable bonds is 6. The van der Waals surface area contributed by atoms with E-state index in [1.165, 1.54) is 12.1 Å². The van der Waals surface area contributed by atoms with Crippen LogP contribution in [-0.4, -0.2) is 19.7 Å². The Balaban J connectivity index is 1.70. The molecule has 0 N–H and O–H groups in total. The van der Waals surface area contributed by atoms with E-state index in [1.54, 1.807) is 35.2 Å². The van der Waals surface area contributed by atoms with Gasteiger partial charge in [-0.25, -0.2) is 9.37 Å². The van der Waals surface area contributed by atoms with Crippen molar-refractivity contribution in [1.29, 1.82) is 0 Å². The number of aryl methyl sites for hydroxylation is 1. The van der Waals surface area contributed by atoms with Gasteiger partial charge >= 0.3 is 0 Å². The van der Waals surface area contributed by atoms with Gasteiger partial charge in [-0.15, -0.1) is 28.1 Å². The number of hydrogen-bond donors (Lipinski definition) is 0. The van der Waals surface area contributed by atoms with E-state index in [9.17, 15) is 4.39 Å². The van der Waals surface area contributed by atoms with Crippen LogP contribution in [0.3, 0.4) is 0 Å². The molecule has 0 aliphatic rings. The molecule has 4 nitrogen and oxygen atoms in total. The van der Waals surface area contributed by atoms with Crippen LogP contribution in [0, 0.1) is 12.7 Å². The molecule has 7 heteroatoms. The molecule has 0 aliphatic carbocycles. The van der Waals surface area contributed by atoms with Gasteiger partial charge in [-0.3, -0.25) is 0 Å². The van der Waals surface area contributed by atoms with E-state index in [1.807, 2.05) is 22.9 Å². The number of aromatic nitrogens is 4. The summed E-state index contributed by atoms with van der Waals surface area (Å²) in [4.78, 5) is 4.61. The van der Waals surface area contributed by atoms with Crippen molar-refractivity contribution in [3.63, 3.8) is 0 Å². The molecule has 0 aliphatic heterocycles. The van der Waals surface area contributed by atoms with E-state index in [0.29, 0.717) is 12.3 Å². The second-order valence-electron chi connectivity index (χ2n) is 4.87. The molecule has 0 amide bonds. The van der Waals surface area contributed by atoms with Crippen LogP contribution in [0.1, 0.15) is 11.5 Å². The zero-order valence-corrected chi connectivity index (χ0v) is 14.2. The van der Waals surface area contributed by atoms with Crippen molar-refractivity contribution in [2.24, 2.45) is 0 Å². The van der Waals surface area contributed by atoms with Gasteiger partial charge in [0.2, 0.25) is 0 Å². The standard InChI is InChI=1S/C16H15FN4S2/c1-3-8-21-11(2)19-20-16(21)23-10-14-9-22-15(18-14)12-4-6-13(17)7-5-12/h3-7,9H,1,8,10H2,2H3. The lowest BCUT2D eigenvalue weighted by Gasteiger charge is -2.03. The molecule has 2 heterocycles. The van der Waals surface area contributed by atoms with Gasteiger partial charge in [0.05, 0.1) is 5.69 Å². The molecule has 0 fully saturated rings. The van der Waals surface area contributed by atoms with Gasteiger partial charge < -0.3 is 4.57 Å². The van der Waals surface area contributed by atoms with Crippen molar-refractivity contribution < 1.29 is 4.39 Å². The van der Waals surface area contributed by atoms with Crippen molar-refractivity contribution in [2.45, 2.75) is 24.4 Å². The normalized spacial score (nSPS) is 10.9. The van der Waals surface area contributed by atoms with Gasteiger partial charge in [0.1, 0.15) is 16.6 Å². The summed E-state index contributed by atoms with van der Waals surface area (Å²) in [5.41, 5.74) is 1.91. The van der Waals surface area contributed by atoms with Crippen molar-refractivity contribution in [3.8, 4) is 10.6 Å².